The highest BCUT2D eigenvalue weighted by molar-refractivity contribution is 9.10. The molecule has 0 unspecified atom stereocenters. The minimum absolute atomic E-state index is 0.187. The van der Waals surface area contributed by atoms with Crippen LogP contribution in [-0.2, 0) is 0 Å². The van der Waals surface area contributed by atoms with Crippen molar-refractivity contribution >= 4 is 21.9 Å². The minimum Gasteiger partial charge on any atom is -0.481 e. The monoisotopic (exact) mass is 269 g/mol. The summed E-state index contributed by atoms with van der Waals surface area (Å²) in [6.07, 6.45) is 0. The smallest absolute Gasteiger partial charge is 0.240 e. The van der Waals surface area contributed by atoms with E-state index in [2.05, 4.69) is 31.0 Å². The van der Waals surface area contributed by atoms with E-state index in [0.717, 1.165) is 0 Å². The summed E-state index contributed by atoms with van der Waals surface area (Å²) in [7, 11) is 1.55. The van der Waals surface area contributed by atoms with Crippen molar-refractivity contribution in [3.8, 4) is 11.7 Å². The Morgan fingerprint density at radius 1 is 1.40 bits per heavy atom. The standard InChI is InChI=1S/C8H8BrN5O/c1-15-6-4-2-3-5(11-6)14-7(9)12-8(10)13-14/h2-4H,1H3,(H2,10,13). The van der Waals surface area contributed by atoms with Crippen LogP contribution in [0.3, 0.4) is 0 Å². The van der Waals surface area contributed by atoms with Crippen molar-refractivity contribution in [3.05, 3.63) is 22.9 Å². The van der Waals surface area contributed by atoms with E-state index in [-0.39, 0.29) is 5.95 Å². The molecule has 0 aliphatic rings. The van der Waals surface area contributed by atoms with Crippen LogP contribution in [0.1, 0.15) is 0 Å². The molecule has 2 rings (SSSR count). The topological polar surface area (TPSA) is 78.9 Å². The molecule has 0 radical (unpaired) electrons. The highest BCUT2D eigenvalue weighted by Gasteiger charge is 2.08. The van der Waals surface area contributed by atoms with Gasteiger partial charge < -0.3 is 10.5 Å². The molecule has 2 aromatic rings. The zero-order valence-electron chi connectivity index (χ0n) is 7.88. The van der Waals surface area contributed by atoms with Crippen LogP contribution in [0.5, 0.6) is 5.88 Å². The van der Waals surface area contributed by atoms with Gasteiger partial charge in [-0.2, -0.15) is 14.6 Å². The third-order valence-electron chi connectivity index (χ3n) is 1.72. The molecular weight excluding hydrogens is 262 g/mol. The quantitative estimate of drug-likeness (QED) is 0.881. The first-order chi connectivity index (χ1) is 7.20. The van der Waals surface area contributed by atoms with E-state index in [0.29, 0.717) is 16.4 Å². The molecular formula is C8H8BrN5O. The van der Waals surface area contributed by atoms with Crippen LogP contribution < -0.4 is 10.5 Å². The Bertz CT molecular complexity index is 484. The largest absolute Gasteiger partial charge is 0.481 e. The second-order valence-corrected chi connectivity index (χ2v) is 3.40. The number of anilines is 1. The number of nitrogens with two attached hydrogens (primary N) is 1. The molecule has 2 N–H and O–H groups in total. The number of pyridine rings is 1. The second-order valence-electron chi connectivity index (χ2n) is 2.69. The second kappa shape index (κ2) is 3.85. The first-order valence-electron chi connectivity index (χ1n) is 4.10. The molecule has 15 heavy (non-hydrogen) atoms. The number of rotatable bonds is 2. The SMILES string of the molecule is COc1cccc(-n2nc(N)nc2Br)n1. The van der Waals surface area contributed by atoms with Gasteiger partial charge in [0.1, 0.15) is 0 Å². The Morgan fingerprint density at radius 2 is 2.20 bits per heavy atom. The first-order valence-corrected chi connectivity index (χ1v) is 4.89. The van der Waals surface area contributed by atoms with Gasteiger partial charge in [-0.3, -0.25) is 0 Å². The lowest BCUT2D eigenvalue weighted by atomic mass is 10.4. The normalized spacial score (nSPS) is 10.3. The summed E-state index contributed by atoms with van der Waals surface area (Å²) in [5.74, 6) is 1.28. The van der Waals surface area contributed by atoms with E-state index >= 15 is 0 Å². The predicted molar refractivity (Wildman–Crippen MR) is 57.8 cm³/mol. The first kappa shape index (κ1) is 9.91. The Hall–Kier alpha value is -1.63. The van der Waals surface area contributed by atoms with Crippen molar-refractivity contribution in [1.29, 1.82) is 0 Å². The third-order valence-corrected chi connectivity index (χ3v) is 2.23. The zero-order chi connectivity index (χ0) is 10.8. The molecule has 78 valence electrons. The molecule has 2 heterocycles. The number of hydrogen-bond acceptors (Lipinski definition) is 5. The molecule has 0 atom stereocenters. The van der Waals surface area contributed by atoms with E-state index in [1.807, 2.05) is 6.07 Å². The van der Waals surface area contributed by atoms with E-state index in [1.54, 1.807) is 19.2 Å². The van der Waals surface area contributed by atoms with Crippen molar-refractivity contribution in [2.75, 3.05) is 12.8 Å². The number of halogens is 1. The number of hydrogen-bond donors (Lipinski definition) is 1. The summed E-state index contributed by atoms with van der Waals surface area (Å²) in [4.78, 5) is 8.10. The number of ether oxygens (including phenoxy) is 1. The van der Waals surface area contributed by atoms with Crippen LogP contribution in [0.15, 0.2) is 22.9 Å². The zero-order valence-corrected chi connectivity index (χ0v) is 9.47. The number of methoxy groups -OCH3 is 1. The summed E-state index contributed by atoms with van der Waals surface area (Å²) in [6, 6.07) is 5.34. The van der Waals surface area contributed by atoms with Gasteiger partial charge >= 0.3 is 0 Å². The average Bonchev–Trinajstić information content (AvgIpc) is 2.58. The lowest BCUT2D eigenvalue weighted by Crippen LogP contribution is -2.01. The van der Waals surface area contributed by atoms with Gasteiger partial charge in [-0.25, -0.2) is 0 Å². The van der Waals surface area contributed by atoms with Gasteiger partial charge in [0.25, 0.3) is 0 Å². The fourth-order valence-corrected chi connectivity index (χ4v) is 1.53. The summed E-state index contributed by atoms with van der Waals surface area (Å²) < 4.78 is 6.99. The third kappa shape index (κ3) is 1.91. The highest BCUT2D eigenvalue weighted by Crippen LogP contribution is 2.15. The Morgan fingerprint density at radius 3 is 2.80 bits per heavy atom. The molecule has 0 fully saturated rings. The van der Waals surface area contributed by atoms with E-state index < -0.39 is 0 Å². The van der Waals surface area contributed by atoms with E-state index in [1.165, 1.54) is 4.68 Å². The van der Waals surface area contributed by atoms with Gasteiger partial charge in [-0.05, 0) is 22.0 Å². The Kier molecular flexibility index (Phi) is 2.55. The van der Waals surface area contributed by atoms with E-state index in [4.69, 9.17) is 10.5 Å². The van der Waals surface area contributed by atoms with Crippen molar-refractivity contribution in [2.45, 2.75) is 0 Å². The van der Waals surface area contributed by atoms with Crippen LogP contribution in [0.25, 0.3) is 5.82 Å². The molecule has 0 amide bonds. The molecule has 0 saturated heterocycles. The maximum absolute atomic E-state index is 5.46. The molecule has 7 heteroatoms. The fourth-order valence-electron chi connectivity index (χ4n) is 1.09. The van der Waals surface area contributed by atoms with Gasteiger partial charge in [0, 0.05) is 6.07 Å². The van der Waals surface area contributed by atoms with Crippen LogP contribution in [0, 0.1) is 0 Å². The molecule has 0 spiro atoms. The van der Waals surface area contributed by atoms with Crippen molar-refractivity contribution in [2.24, 2.45) is 0 Å². The van der Waals surface area contributed by atoms with Gasteiger partial charge in [0.05, 0.1) is 7.11 Å². The van der Waals surface area contributed by atoms with Crippen LogP contribution in [-0.4, -0.2) is 26.9 Å². The summed E-state index contributed by atoms with van der Waals surface area (Å²) >= 11 is 3.23. The Labute approximate surface area is 94.2 Å². The minimum atomic E-state index is 0.187. The molecule has 0 aromatic carbocycles. The molecule has 0 aliphatic heterocycles. The number of aromatic nitrogens is 4. The lowest BCUT2D eigenvalue weighted by molar-refractivity contribution is 0.397. The van der Waals surface area contributed by atoms with Crippen molar-refractivity contribution in [3.63, 3.8) is 0 Å². The average molecular weight is 270 g/mol. The summed E-state index contributed by atoms with van der Waals surface area (Å²) in [5, 5.41) is 3.97. The maximum Gasteiger partial charge on any atom is 0.240 e. The van der Waals surface area contributed by atoms with Crippen LogP contribution in [0.2, 0.25) is 0 Å². The maximum atomic E-state index is 5.46. The summed E-state index contributed by atoms with van der Waals surface area (Å²) in [6.45, 7) is 0. The number of nitrogen functional groups attached to an aromatic ring is 1. The van der Waals surface area contributed by atoms with Gasteiger partial charge in [-0.1, -0.05) is 6.07 Å². The molecule has 6 nitrogen and oxygen atoms in total. The molecule has 2 aromatic heterocycles. The summed E-state index contributed by atoms with van der Waals surface area (Å²) in [5.41, 5.74) is 5.46. The number of nitrogens with zero attached hydrogens (tertiary/aromatic N) is 4. The molecule has 0 bridgehead atoms. The Balaban J connectivity index is 2.49. The van der Waals surface area contributed by atoms with Crippen molar-refractivity contribution < 1.29 is 4.74 Å². The highest BCUT2D eigenvalue weighted by atomic mass is 79.9. The molecule has 0 aliphatic carbocycles. The lowest BCUT2D eigenvalue weighted by Gasteiger charge is -2.02. The van der Waals surface area contributed by atoms with Crippen molar-refractivity contribution in [1.82, 2.24) is 19.7 Å². The predicted octanol–water partition coefficient (Wildman–Crippen LogP) is 1.02. The molecule has 0 saturated carbocycles. The van der Waals surface area contributed by atoms with Crippen LogP contribution >= 0.6 is 15.9 Å². The van der Waals surface area contributed by atoms with Gasteiger partial charge in [-0.15, -0.1) is 5.10 Å². The van der Waals surface area contributed by atoms with Crippen LogP contribution in [0.4, 0.5) is 5.95 Å². The van der Waals surface area contributed by atoms with Gasteiger partial charge in [0.2, 0.25) is 16.6 Å². The van der Waals surface area contributed by atoms with Gasteiger partial charge in [0.15, 0.2) is 5.82 Å². The van der Waals surface area contributed by atoms with E-state index in [9.17, 15) is 0 Å². The fraction of sp³-hybridized carbons (Fsp3) is 0.125.